The minimum Gasteiger partial charge on any atom is -0.335 e. The molecule has 1 aliphatic rings. The van der Waals surface area contributed by atoms with Gasteiger partial charge in [-0.05, 0) is 27.0 Å². The molecule has 1 aliphatic heterocycles. The van der Waals surface area contributed by atoms with Gasteiger partial charge < -0.3 is 9.80 Å². The van der Waals surface area contributed by atoms with Crippen LogP contribution in [0, 0.1) is 13.8 Å². The number of nitrogens with zero attached hydrogens (tertiary/aromatic N) is 4. The van der Waals surface area contributed by atoms with Crippen molar-refractivity contribution < 1.29 is 4.79 Å². The van der Waals surface area contributed by atoms with Crippen LogP contribution < -0.4 is 0 Å². The van der Waals surface area contributed by atoms with Crippen molar-refractivity contribution in [3.63, 3.8) is 0 Å². The van der Waals surface area contributed by atoms with E-state index in [0.29, 0.717) is 11.5 Å². The fraction of sp³-hybridized carbons (Fsp3) is 0.583. The van der Waals surface area contributed by atoms with E-state index in [2.05, 4.69) is 21.9 Å². The van der Waals surface area contributed by atoms with Gasteiger partial charge in [0.2, 0.25) is 0 Å². The molecular weight excluding hydrogens is 216 g/mol. The molecule has 17 heavy (non-hydrogen) atoms. The van der Waals surface area contributed by atoms with E-state index in [1.807, 2.05) is 18.7 Å². The van der Waals surface area contributed by atoms with Crippen molar-refractivity contribution in [1.29, 1.82) is 0 Å². The van der Waals surface area contributed by atoms with Crippen LogP contribution in [-0.2, 0) is 0 Å². The zero-order valence-corrected chi connectivity index (χ0v) is 10.6. The summed E-state index contributed by atoms with van der Waals surface area (Å²) in [5, 5.41) is 0. The van der Waals surface area contributed by atoms with Crippen LogP contribution in [0.25, 0.3) is 0 Å². The van der Waals surface area contributed by atoms with E-state index in [4.69, 9.17) is 0 Å². The van der Waals surface area contributed by atoms with E-state index < -0.39 is 0 Å². The molecule has 0 bridgehead atoms. The number of carbonyl (C=O) groups is 1. The van der Waals surface area contributed by atoms with Crippen LogP contribution in [0.3, 0.4) is 0 Å². The quantitative estimate of drug-likeness (QED) is 0.709. The number of carbonyl (C=O) groups excluding carboxylic acids is 1. The van der Waals surface area contributed by atoms with Gasteiger partial charge in [-0.15, -0.1) is 0 Å². The van der Waals surface area contributed by atoms with Gasteiger partial charge in [-0.3, -0.25) is 4.79 Å². The first-order valence-electron chi connectivity index (χ1n) is 5.86. The van der Waals surface area contributed by atoms with E-state index in [-0.39, 0.29) is 5.91 Å². The minimum absolute atomic E-state index is 0.0201. The van der Waals surface area contributed by atoms with Crippen molar-refractivity contribution in [2.24, 2.45) is 0 Å². The van der Waals surface area contributed by atoms with Crippen LogP contribution in [0.5, 0.6) is 0 Å². The molecule has 0 atom stereocenters. The Morgan fingerprint density at radius 3 is 2.41 bits per heavy atom. The fourth-order valence-corrected chi connectivity index (χ4v) is 2.00. The number of aromatic nitrogens is 2. The van der Waals surface area contributed by atoms with Crippen molar-refractivity contribution in [2.75, 3.05) is 33.2 Å². The molecule has 0 N–H and O–H groups in total. The summed E-state index contributed by atoms with van der Waals surface area (Å²) in [4.78, 5) is 24.7. The molecule has 0 radical (unpaired) electrons. The monoisotopic (exact) mass is 234 g/mol. The minimum atomic E-state index is 0.0201. The van der Waals surface area contributed by atoms with E-state index in [0.717, 1.165) is 31.9 Å². The summed E-state index contributed by atoms with van der Waals surface area (Å²) in [6.07, 6.45) is 0. The number of rotatable bonds is 1. The van der Waals surface area contributed by atoms with Crippen LogP contribution in [0.2, 0.25) is 0 Å². The van der Waals surface area contributed by atoms with Crippen molar-refractivity contribution in [3.8, 4) is 0 Å². The molecule has 0 aliphatic carbocycles. The standard InChI is InChI=1S/C12H18N4O/c1-9-8-11(14-10(2)13-9)12(17)16-6-4-15(3)5-7-16/h8H,4-7H2,1-3H3. The van der Waals surface area contributed by atoms with Gasteiger partial charge in [0.1, 0.15) is 11.5 Å². The Morgan fingerprint density at radius 2 is 1.82 bits per heavy atom. The van der Waals surface area contributed by atoms with Crippen molar-refractivity contribution in [2.45, 2.75) is 13.8 Å². The highest BCUT2D eigenvalue weighted by Gasteiger charge is 2.21. The number of likely N-dealkylation sites (N-methyl/N-ethyl adjacent to an activating group) is 1. The first-order valence-corrected chi connectivity index (χ1v) is 5.86. The molecule has 5 heteroatoms. The summed E-state index contributed by atoms with van der Waals surface area (Å²) in [6, 6.07) is 1.76. The predicted molar refractivity (Wildman–Crippen MR) is 64.9 cm³/mol. The Balaban J connectivity index is 2.14. The van der Waals surface area contributed by atoms with Gasteiger partial charge in [0, 0.05) is 31.9 Å². The average Bonchev–Trinajstić information content (AvgIpc) is 2.28. The first-order chi connectivity index (χ1) is 8.06. The second kappa shape index (κ2) is 4.79. The van der Waals surface area contributed by atoms with Crippen molar-refractivity contribution in [3.05, 3.63) is 23.3 Å². The maximum Gasteiger partial charge on any atom is 0.272 e. The fourth-order valence-electron chi connectivity index (χ4n) is 2.00. The summed E-state index contributed by atoms with van der Waals surface area (Å²) < 4.78 is 0. The van der Waals surface area contributed by atoms with Gasteiger partial charge >= 0.3 is 0 Å². The van der Waals surface area contributed by atoms with Gasteiger partial charge in [-0.1, -0.05) is 0 Å². The van der Waals surface area contributed by atoms with Gasteiger partial charge in [0.15, 0.2) is 0 Å². The lowest BCUT2D eigenvalue weighted by atomic mass is 10.2. The molecule has 1 saturated heterocycles. The van der Waals surface area contributed by atoms with Crippen LogP contribution in [0.4, 0.5) is 0 Å². The summed E-state index contributed by atoms with van der Waals surface area (Å²) in [5.74, 6) is 0.675. The van der Waals surface area contributed by atoms with Crippen molar-refractivity contribution in [1.82, 2.24) is 19.8 Å². The van der Waals surface area contributed by atoms with Crippen LogP contribution >= 0.6 is 0 Å². The Bertz CT molecular complexity index is 404. The Kier molecular flexibility index (Phi) is 3.38. The third kappa shape index (κ3) is 2.79. The Labute approximate surface area is 101 Å². The van der Waals surface area contributed by atoms with E-state index in [9.17, 15) is 4.79 Å². The van der Waals surface area contributed by atoms with Crippen molar-refractivity contribution >= 4 is 5.91 Å². The molecule has 92 valence electrons. The SMILES string of the molecule is Cc1cc(C(=O)N2CCN(C)CC2)nc(C)n1. The highest BCUT2D eigenvalue weighted by Crippen LogP contribution is 2.07. The van der Waals surface area contributed by atoms with Crippen LogP contribution in [-0.4, -0.2) is 58.9 Å². The largest absolute Gasteiger partial charge is 0.335 e. The number of hydrogen-bond donors (Lipinski definition) is 0. The lowest BCUT2D eigenvalue weighted by Gasteiger charge is -2.32. The molecule has 2 heterocycles. The maximum atomic E-state index is 12.2. The third-order valence-electron chi connectivity index (χ3n) is 2.98. The lowest BCUT2D eigenvalue weighted by Crippen LogP contribution is -2.47. The predicted octanol–water partition coefficient (Wildman–Crippen LogP) is 0.481. The molecule has 1 fully saturated rings. The molecule has 1 aromatic heterocycles. The molecule has 0 aromatic carbocycles. The summed E-state index contributed by atoms with van der Waals surface area (Å²) >= 11 is 0. The molecule has 0 unspecified atom stereocenters. The number of aryl methyl sites for hydroxylation is 2. The maximum absolute atomic E-state index is 12.2. The smallest absolute Gasteiger partial charge is 0.272 e. The normalized spacial score (nSPS) is 17.2. The van der Waals surface area contributed by atoms with Gasteiger partial charge in [-0.2, -0.15) is 0 Å². The average molecular weight is 234 g/mol. The van der Waals surface area contributed by atoms with E-state index in [1.54, 1.807) is 6.07 Å². The highest BCUT2D eigenvalue weighted by atomic mass is 16.2. The third-order valence-corrected chi connectivity index (χ3v) is 2.98. The molecule has 0 spiro atoms. The van der Waals surface area contributed by atoms with Crippen LogP contribution in [0.15, 0.2) is 6.07 Å². The summed E-state index contributed by atoms with van der Waals surface area (Å²) in [7, 11) is 2.07. The molecule has 1 amide bonds. The zero-order valence-electron chi connectivity index (χ0n) is 10.6. The topological polar surface area (TPSA) is 49.3 Å². The number of amides is 1. The molecule has 2 rings (SSSR count). The second-order valence-electron chi connectivity index (χ2n) is 4.54. The molecule has 0 saturated carbocycles. The Morgan fingerprint density at radius 1 is 1.18 bits per heavy atom. The van der Waals surface area contributed by atoms with E-state index in [1.165, 1.54) is 0 Å². The summed E-state index contributed by atoms with van der Waals surface area (Å²) in [5.41, 5.74) is 1.36. The van der Waals surface area contributed by atoms with Gasteiger partial charge in [0.25, 0.3) is 5.91 Å². The zero-order chi connectivity index (χ0) is 12.4. The van der Waals surface area contributed by atoms with Gasteiger partial charge in [0.05, 0.1) is 0 Å². The number of hydrogen-bond acceptors (Lipinski definition) is 4. The van der Waals surface area contributed by atoms with Gasteiger partial charge in [-0.25, -0.2) is 9.97 Å². The first kappa shape index (κ1) is 12.0. The Hall–Kier alpha value is -1.49. The highest BCUT2D eigenvalue weighted by molar-refractivity contribution is 5.92. The number of piperazine rings is 1. The van der Waals surface area contributed by atoms with Crippen LogP contribution in [0.1, 0.15) is 22.0 Å². The van der Waals surface area contributed by atoms with E-state index >= 15 is 0 Å². The molecule has 5 nitrogen and oxygen atoms in total. The lowest BCUT2D eigenvalue weighted by molar-refractivity contribution is 0.0657. The molecule has 1 aromatic rings. The molecular formula is C12H18N4O. The second-order valence-corrected chi connectivity index (χ2v) is 4.54. The summed E-state index contributed by atoms with van der Waals surface area (Å²) in [6.45, 7) is 7.10.